The largest absolute Gasteiger partial charge is 0.373 e. The second-order valence-electron chi connectivity index (χ2n) is 2.80. The van der Waals surface area contributed by atoms with Crippen LogP contribution in [0.15, 0.2) is 15.9 Å². The summed E-state index contributed by atoms with van der Waals surface area (Å²) >= 11 is 5.22. The number of hydrogen-bond acceptors (Lipinski definition) is 2. The molecular weight excluding hydrogens is 224 g/mol. The van der Waals surface area contributed by atoms with Gasteiger partial charge in [-0.25, -0.2) is 0 Å². The average molecular weight is 233 g/mol. The molecule has 3 heteroatoms. The highest BCUT2D eigenvalue weighted by atomic mass is 79.9. The van der Waals surface area contributed by atoms with Crippen LogP contribution < -0.4 is 0 Å². The monoisotopic (exact) mass is 232 g/mol. The van der Waals surface area contributed by atoms with E-state index in [1.165, 1.54) is 21.5 Å². The lowest BCUT2D eigenvalue weighted by atomic mass is 10.3. The highest BCUT2D eigenvalue weighted by Gasteiger charge is 2.45. The van der Waals surface area contributed by atoms with Crippen LogP contribution in [0.1, 0.15) is 17.7 Å². The summed E-state index contributed by atoms with van der Waals surface area (Å²) < 4.78 is 6.63. The van der Waals surface area contributed by atoms with Gasteiger partial charge in [0, 0.05) is 12.0 Å². The first-order chi connectivity index (χ1) is 5.27. The van der Waals surface area contributed by atoms with E-state index in [9.17, 15) is 0 Å². The van der Waals surface area contributed by atoms with Gasteiger partial charge >= 0.3 is 0 Å². The molecule has 2 rings (SSSR count). The van der Waals surface area contributed by atoms with Gasteiger partial charge in [0.15, 0.2) is 0 Å². The van der Waals surface area contributed by atoms with Crippen molar-refractivity contribution < 1.29 is 4.74 Å². The predicted molar refractivity (Wildman–Crippen MR) is 49.9 cm³/mol. The van der Waals surface area contributed by atoms with Gasteiger partial charge in [0.25, 0.3) is 0 Å². The molecule has 1 heterocycles. The van der Waals surface area contributed by atoms with Crippen LogP contribution in [0.4, 0.5) is 0 Å². The van der Waals surface area contributed by atoms with Crippen LogP contribution in [0.5, 0.6) is 0 Å². The van der Waals surface area contributed by atoms with Crippen LogP contribution in [-0.4, -0.2) is 7.11 Å². The van der Waals surface area contributed by atoms with Crippen LogP contribution >= 0.6 is 27.3 Å². The molecule has 0 unspecified atom stereocenters. The Balaban J connectivity index is 2.29. The number of hydrogen-bond donors (Lipinski definition) is 0. The zero-order valence-electron chi connectivity index (χ0n) is 6.26. The lowest BCUT2D eigenvalue weighted by molar-refractivity contribution is 0.0820. The summed E-state index contributed by atoms with van der Waals surface area (Å²) in [7, 11) is 1.79. The highest BCUT2D eigenvalue weighted by Crippen LogP contribution is 2.51. The Kier molecular flexibility index (Phi) is 1.82. The predicted octanol–water partition coefficient (Wildman–Crippen LogP) is 3.15. The summed E-state index contributed by atoms with van der Waals surface area (Å²) in [6.07, 6.45) is 2.35. The molecule has 1 aliphatic carbocycles. The summed E-state index contributed by atoms with van der Waals surface area (Å²) in [5.41, 5.74) is 0.0939. The summed E-state index contributed by atoms with van der Waals surface area (Å²) in [4.78, 5) is 1.35. The Labute approximate surface area is 78.5 Å². The quantitative estimate of drug-likeness (QED) is 0.762. The second-order valence-corrected chi connectivity index (χ2v) is 5.27. The second kappa shape index (κ2) is 2.57. The van der Waals surface area contributed by atoms with Crippen molar-refractivity contribution in [1.82, 2.24) is 0 Å². The Morgan fingerprint density at radius 1 is 1.55 bits per heavy atom. The average Bonchev–Trinajstić information content (AvgIpc) is 2.70. The topological polar surface area (TPSA) is 9.23 Å². The number of methoxy groups -OCH3 is 1. The van der Waals surface area contributed by atoms with Crippen LogP contribution in [0.2, 0.25) is 0 Å². The Bertz CT molecular complexity index is 265. The molecule has 0 aliphatic heterocycles. The molecule has 0 spiro atoms. The first kappa shape index (κ1) is 7.77. The van der Waals surface area contributed by atoms with Crippen LogP contribution in [0, 0.1) is 0 Å². The van der Waals surface area contributed by atoms with E-state index in [2.05, 4.69) is 28.1 Å². The van der Waals surface area contributed by atoms with Gasteiger partial charge in [-0.3, -0.25) is 0 Å². The van der Waals surface area contributed by atoms with Crippen molar-refractivity contribution in [2.45, 2.75) is 18.4 Å². The van der Waals surface area contributed by atoms with Crippen molar-refractivity contribution >= 4 is 27.3 Å². The molecule has 1 saturated carbocycles. The lowest BCUT2D eigenvalue weighted by Gasteiger charge is -2.09. The summed E-state index contributed by atoms with van der Waals surface area (Å²) in [5, 5.41) is 0. The lowest BCUT2D eigenvalue weighted by Crippen LogP contribution is -2.05. The van der Waals surface area contributed by atoms with Gasteiger partial charge < -0.3 is 4.74 Å². The molecule has 0 bridgehead atoms. The fourth-order valence-electron chi connectivity index (χ4n) is 1.22. The molecule has 0 radical (unpaired) electrons. The van der Waals surface area contributed by atoms with Crippen molar-refractivity contribution in [3.05, 3.63) is 20.8 Å². The van der Waals surface area contributed by atoms with Crippen LogP contribution in [0.3, 0.4) is 0 Å². The van der Waals surface area contributed by atoms with Gasteiger partial charge in [-0.1, -0.05) is 0 Å². The number of rotatable bonds is 2. The Hall–Kier alpha value is 0.140. The standard InChI is InChI=1S/C8H9BrOS/c1-10-8(4-5-8)6-2-3-7(9)11-6/h2-3H,4-5H2,1H3. The molecule has 0 saturated heterocycles. The molecular formula is C8H9BrOS. The third kappa shape index (κ3) is 1.25. The SMILES string of the molecule is COC1(c2ccc(Br)s2)CC1. The van der Waals surface area contributed by atoms with Gasteiger partial charge in [0.05, 0.1) is 3.79 Å². The first-order valence-corrected chi connectivity index (χ1v) is 5.19. The minimum Gasteiger partial charge on any atom is -0.373 e. The third-order valence-corrected chi connectivity index (χ3v) is 3.93. The van der Waals surface area contributed by atoms with Gasteiger partial charge in [0.2, 0.25) is 0 Å². The maximum absolute atomic E-state index is 5.44. The molecule has 1 nitrogen and oxygen atoms in total. The summed E-state index contributed by atoms with van der Waals surface area (Å²) in [5.74, 6) is 0. The van der Waals surface area contributed by atoms with E-state index in [0.29, 0.717) is 0 Å². The maximum atomic E-state index is 5.44. The van der Waals surface area contributed by atoms with Crippen molar-refractivity contribution in [3.8, 4) is 0 Å². The molecule has 0 N–H and O–H groups in total. The van der Waals surface area contributed by atoms with Crippen molar-refractivity contribution in [2.75, 3.05) is 7.11 Å². The Morgan fingerprint density at radius 2 is 2.27 bits per heavy atom. The molecule has 1 aromatic rings. The summed E-state index contributed by atoms with van der Waals surface area (Å²) in [6.45, 7) is 0. The smallest absolute Gasteiger partial charge is 0.102 e. The van der Waals surface area contributed by atoms with E-state index < -0.39 is 0 Å². The minimum atomic E-state index is 0.0939. The van der Waals surface area contributed by atoms with Crippen LogP contribution in [-0.2, 0) is 10.3 Å². The van der Waals surface area contributed by atoms with Crippen LogP contribution in [0.25, 0.3) is 0 Å². The maximum Gasteiger partial charge on any atom is 0.102 e. The molecule has 11 heavy (non-hydrogen) atoms. The molecule has 60 valence electrons. The molecule has 1 fully saturated rings. The fraction of sp³-hybridized carbons (Fsp3) is 0.500. The van der Waals surface area contributed by atoms with E-state index in [1.807, 2.05) is 0 Å². The number of halogens is 1. The minimum absolute atomic E-state index is 0.0939. The van der Waals surface area contributed by atoms with E-state index in [4.69, 9.17) is 4.74 Å². The summed E-state index contributed by atoms with van der Waals surface area (Å²) in [6, 6.07) is 4.23. The van der Waals surface area contributed by atoms with E-state index >= 15 is 0 Å². The van der Waals surface area contributed by atoms with Gasteiger partial charge in [-0.15, -0.1) is 11.3 Å². The van der Waals surface area contributed by atoms with Crippen molar-refractivity contribution in [2.24, 2.45) is 0 Å². The van der Waals surface area contributed by atoms with Gasteiger partial charge in [-0.2, -0.15) is 0 Å². The zero-order chi connectivity index (χ0) is 7.90. The highest BCUT2D eigenvalue weighted by molar-refractivity contribution is 9.11. The molecule has 1 aromatic heterocycles. The molecule has 0 aromatic carbocycles. The normalized spacial score (nSPS) is 20.2. The molecule has 1 aliphatic rings. The third-order valence-electron chi connectivity index (χ3n) is 2.12. The first-order valence-electron chi connectivity index (χ1n) is 3.58. The van der Waals surface area contributed by atoms with Gasteiger partial charge in [-0.05, 0) is 40.9 Å². The number of ether oxygens (including phenoxy) is 1. The zero-order valence-corrected chi connectivity index (χ0v) is 8.67. The molecule has 0 amide bonds. The van der Waals surface area contributed by atoms with Crippen molar-refractivity contribution in [3.63, 3.8) is 0 Å². The van der Waals surface area contributed by atoms with Gasteiger partial charge in [0.1, 0.15) is 5.60 Å². The van der Waals surface area contributed by atoms with E-state index in [1.54, 1.807) is 18.4 Å². The van der Waals surface area contributed by atoms with E-state index in [-0.39, 0.29) is 5.60 Å². The Morgan fingerprint density at radius 3 is 2.64 bits per heavy atom. The fourth-order valence-corrected chi connectivity index (χ4v) is 2.83. The van der Waals surface area contributed by atoms with E-state index in [0.717, 1.165) is 0 Å². The molecule has 0 atom stereocenters. The number of thiophene rings is 1. The van der Waals surface area contributed by atoms with Crippen molar-refractivity contribution in [1.29, 1.82) is 0 Å².